The fraction of sp³-hybridized carbons (Fsp3) is 0.273. The number of hydrogen-bond acceptors (Lipinski definition) is 2. The van der Waals surface area contributed by atoms with Crippen LogP contribution in [0.4, 0.5) is 0 Å². The topological polar surface area (TPSA) is 30.7 Å². The van der Waals surface area contributed by atoms with Crippen molar-refractivity contribution in [1.29, 1.82) is 0 Å². The molecule has 0 amide bonds. The quantitative estimate of drug-likeness (QED) is 0.685. The monoisotopic (exact) mass is 187 g/mol. The number of benzene rings is 1. The zero-order chi connectivity index (χ0) is 10.1. The van der Waals surface area contributed by atoms with Crippen LogP contribution in [0.1, 0.15) is 17.0 Å². The van der Waals surface area contributed by atoms with Crippen molar-refractivity contribution in [3.8, 4) is 5.69 Å². The summed E-state index contributed by atoms with van der Waals surface area (Å²) in [6, 6.07) is 8.25. The first-order valence-electron chi connectivity index (χ1n) is 4.64. The minimum Gasteiger partial charge on any atom is -0.218 e. The van der Waals surface area contributed by atoms with E-state index in [9.17, 15) is 0 Å². The van der Waals surface area contributed by atoms with Gasteiger partial charge in [-0.15, -0.1) is 5.10 Å². The Hall–Kier alpha value is -1.64. The molecule has 0 radical (unpaired) electrons. The maximum Gasteiger partial charge on any atom is 0.0830 e. The van der Waals surface area contributed by atoms with Crippen molar-refractivity contribution >= 4 is 0 Å². The Kier molecular flexibility index (Phi) is 2.08. The Morgan fingerprint density at radius 3 is 2.14 bits per heavy atom. The molecule has 0 bridgehead atoms. The van der Waals surface area contributed by atoms with Gasteiger partial charge in [0.05, 0.1) is 17.1 Å². The first-order chi connectivity index (χ1) is 6.68. The molecular formula is C11H13N3. The summed E-state index contributed by atoms with van der Waals surface area (Å²) in [5.74, 6) is 0. The molecule has 1 aromatic heterocycles. The lowest BCUT2D eigenvalue weighted by atomic mass is 10.2. The third kappa shape index (κ3) is 1.41. The molecule has 0 aliphatic heterocycles. The lowest BCUT2D eigenvalue weighted by molar-refractivity contribution is 0.784. The van der Waals surface area contributed by atoms with Gasteiger partial charge in [0, 0.05) is 0 Å². The highest BCUT2D eigenvalue weighted by Gasteiger charge is 2.04. The van der Waals surface area contributed by atoms with Crippen LogP contribution in [0.5, 0.6) is 0 Å². The molecule has 1 aromatic carbocycles. The van der Waals surface area contributed by atoms with Gasteiger partial charge < -0.3 is 0 Å². The lowest BCUT2D eigenvalue weighted by Gasteiger charge is -2.02. The molecule has 0 spiro atoms. The Labute approximate surface area is 83.4 Å². The highest BCUT2D eigenvalue weighted by atomic mass is 15.4. The van der Waals surface area contributed by atoms with Gasteiger partial charge in [-0.1, -0.05) is 22.9 Å². The third-order valence-corrected chi connectivity index (χ3v) is 2.40. The van der Waals surface area contributed by atoms with E-state index in [-0.39, 0.29) is 0 Å². The fourth-order valence-electron chi connectivity index (χ4n) is 1.34. The minimum atomic E-state index is 0.977. The van der Waals surface area contributed by atoms with Crippen molar-refractivity contribution in [1.82, 2.24) is 15.0 Å². The van der Waals surface area contributed by atoms with Gasteiger partial charge in [-0.3, -0.25) is 0 Å². The van der Waals surface area contributed by atoms with Gasteiger partial charge >= 0.3 is 0 Å². The number of nitrogens with zero attached hydrogens (tertiary/aromatic N) is 3. The van der Waals surface area contributed by atoms with E-state index < -0.39 is 0 Å². The molecular weight excluding hydrogens is 174 g/mol. The second kappa shape index (κ2) is 3.25. The van der Waals surface area contributed by atoms with E-state index in [1.54, 1.807) is 0 Å². The molecule has 0 saturated carbocycles. The summed E-state index contributed by atoms with van der Waals surface area (Å²) in [5.41, 5.74) is 4.39. The summed E-state index contributed by atoms with van der Waals surface area (Å²) in [7, 11) is 0. The van der Waals surface area contributed by atoms with Crippen LogP contribution in [0.2, 0.25) is 0 Å². The van der Waals surface area contributed by atoms with Crippen LogP contribution in [0.3, 0.4) is 0 Å². The molecule has 0 aliphatic rings. The van der Waals surface area contributed by atoms with Crippen molar-refractivity contribution in [3.63, 3.8) is 0 Å². The average Bonchev–Trinajstić information content (AvgIpc) is 2.50. The summed E-state index contributed by atoms with van der Waals surface area (Å²) >= 11 is 0. The van der Waals surface area contributed by atoms with Crippen LogP contribution in [-0.2, 0) is 0 Å². The molecule has 0 unspecified atom stereocenters. The number of aromatic nitrogens is 3. The third-order valence-electron chi connectivity index (χ3n) is 2.40. The molecule has 2 aromatic rings. The molecule has 0 atom stereocenters. The smallest absolute Gasteiger partial charge is 0.0830 e. The lowest BCUT2D eigenvalue weighted by Crippen LogP contribution is -1.98. The van der Waals surface area contributed by atoms with Crippen molar-refractivity contribution in [3.05, 3.63) is 41.2 Å². The number of hydrogen-bond donors (Lipinski definition) is 0. The van der Waals surface area contributed by atoms with Gasteiger partial charge in [0.15, 0.2) is 0 Å². The molecule has 0 aliphatic carbocycles. The predicted molar refractivity (Wildman–Crippen MR) is 55.6 cm³/mol. The first-order valence-corrected chi connectivity index (χ1v) is 4.64. The van der Waals surface area contributed by atoms with Gasteiger partial charge in [-0.2, -0.15) is 0 Å². The molecule has 14 heavy (non-hydrogen) atoms. The summed E-state index contributed by atoms with van der Waals surface area (Å²) in [6.45, 7) is 6.06. The van der Waals surface area contributed by atoms with Crippen LogP contribution in [0.25, 0.3) is 5.69 Å². The van der Waals surface area contributed by atoms with Gasteiger partial charge in [0.25, 0.3) is 0 Å². The van der Waals surface area contributed by atoms with E-state index in [1.165, 1.54) is 5.56 Å². The van der Waals surface area contributed by atoms with Crippen molar-refractivity contribution in [2.75, 3.05) is 0 Å². The summed E-state index contributed by atoms with van der Waals surface area (Å²) < 4.78 is 1.86. The van der Waals surface area contributed by atoms with Crippen LogP contribution in [0, 0.1) is 20.8 Å². The maximum absolute atomic E-state index is 4.08. The number of aryl methyl sites for hydroxylation is 2. The zero-order valence-electron chi connectivity index (χ0n) is 8.65. The Bertz CT molecular complexity index is 440. The normalized spacial score (nSPS) is 10.5. The van der Waals surface area contributed by atoms with E-state index in [4.69, 9.17) is 0 Å². The Morgan fingerprint density at radius 1 is 1.00 bits per heavy atom. The van der Waals surface area contributed by atoms with Crippen molar-refractivity contribution in [2.45, 2.75) is 20.8 Å². The number of rotatable bonds is 1. The molecule has 2 rings (SSSR count). The maximum atomic E-state index is 4.08. The van der Waals surface area contributed by atoms with Crippen LogP contribution >= 0.6 is 0 Å². The van der Waals surface area contributed by atoms with Crippen LogP contribution < -0.4 is 0 Å². The van der Waals surface area contributed by atoms with Crippen molar-refractivity contribution in [2.24, 2.45) is 0 Å². The highest BCUT2D eigenvalue weighted by Crippen LogP contribution is 2.11. The Balaban J connectivity index is 2.49. The fourth-order valence-corrected chi connectivity index (χ4v) is 1.34. The molecule has 0 fully saturated rings. The summed E-state index contributed by atoms with van der Waals surface area (Å²) in [4.78, 5) is 0. The van der Waals surface area contributed by atoms with Gasteiger partial charge in [-0.05, 0) is 32.9 Å². The largest absolute Gasteiger partial charge is 0.218 e. The molecule has 0 saturated heterocycles. The standard InChI is InChI=1S/C11H13N3/c1-8-4-6-11(7-5-8)14-10(3)9(2)12-13-14/h4-7H,1-3H3. The van der Waals surface area contributed by atoms with E-state index in [0.717, 1.165) is 17.1 Å². The van der Waals surface area contributed by atoms with E-state index in [2.05, 4.69) is 41.5 Å². The van der Waals surface area contributed by atoms with Gasteiger partial charge in [0.1, 0.15) is 0 Å². The molecule has 1 heterocycles. The summed E-state index contributed by atoms with van der Waals surface area (Å²) in [6.07, 6.45) is 0. The molecule has 3 heteroatoms. The molecule has 3 nitrogen and oxygen atoms in total. The summed E-state index contributed by atoms with van der Waals surface area (Å²) in [5, 5.41) is 8.11. The van der Waals surface area contributed by atoms with E-state index in [1.807, 2.05) is 18.5 Å². The first kappa shape index (κ1) is 8.94. The zero-order valence-corrected chi connectivity index (χ0v) is 8.65. The SMILES string of the molecule is Cc1ccc(-n2nnc(C)c2C)cc1. The second-order valence-corrected chi connectivity index (χ2v) is 3.51. The van der Waals surface area contributed by atoms with Crippen LogP contribution in [0.15, 0.2) is 24.3 Å². The Morgan fingerprint density at radius 2 is 1.64 bits per heavy atom. The van der Waals surface area contributed by atoms with Gasteiger partial charge in [0.2, 0.25) is 0 Å². The minimum absolute atomic E-state index is 0.977. The van der Waals surface area contributed by atoms with Gasteiger partial charge in [-0.25, -0.2) is 4.68 Å². The average molecular weight is 187 g/mol. The van der Waals surface area contributed by atoms with E-state index >= 15 is 0 Å². The predicted octanol–water partition coefficient (Wildman–Crippen LogP) is 2.19. The highest BCUT2D eigenvalue weighted by molar-refractivity contribution is 5.35. The molecule has 0 N–H and O–H groups in total. The molecule has 72 valence electrons. The van der Waals surface area contributed by atoms with Crippen molar-refractivity contribution < 1.29 is 0 Å². The van der Waals surface area contributed by atoms with Crippen LogP contribution in [-0.4, -0.2) is 15.0 Å². The second-order valence-electron chi connectivity index (χ2n) is 3.51. The van der Waals surface area contributed by atoms with E-state index in [0.29, 0.717) is 0 Å².